The number of allylic oxidation sites excluding steroid dienone is 1. The van der Waals surface area contributed by atoms with Gasteiger partial charge in [0, 0.05) is 11.1 Å². The highest BCUT2D eigenvalue weighted by Gasteiger charge is 2.16. The number of carbonyl (C=O) groups is 1. The quantitative estimate of drug-likeness (QED) is 0.827. The molecule has 100 valence electrons. The number of rotatable bonds is 4. The van der Waals surface area contributed by atoms with Crippen LogP contribution < -0.4 is 5.32 Å². The van der Waals surface area contributed by atoms with Crippen LogP contribution in [0.1, 0.15) is 32.1 Å². The van der Waals surface area contributed by atoms with Gasteiger partial charge in [-0.2, -0.15) is 12.6 Å². The molecule has 18 heavy (non-hydrogen) atoms. The van der Waals surface area contributed by atoms with Gasteiger partial charge in [-0.15, -0.1) is 0 Å². The number of aromatic nitrogens is 1. The molecule has 1 aromatic rings. The molecule has 4 nitrogen and oxygen atoms in total. The van der Waals surface area contributed by atoms with Crippen molar-refractivity contribution in [1.29, 1.82) is 0 Å². The monoisotopic (exact) mass is 286 g/mol. The lowest BCUT2D eigenvalue weighted by Crippen LogP contribution is -2.27. The summed E-state index contributed by atoms with van der Waals surface area (Å²) >= 11 is 5.52. The Morgan fingerprint density at radius 3 is 2.94 bits per heavy atom. The predicted octanol–water partition coefficient (Wildman–Crippen LogP) is 3.82. The molecule has 0 aromatic carbocycles. The maximum atomic E-state index is 11.5. The molecule has 1 heterocycles. The summed E-state index contributed by atoms with van der Waals surface area (Å²) in [4.78, 5) is 16.6. The number of thiol groups is 1. The van der Waals surface area contributed by atoms with Crippen molar-refractivity contribution in [2.75, 3.05) is 11.1 Å². The Morgan fingerprint density at radius 1 is 1.61 bits per heavy atom. The normalized spacial score (nSPS) is 11.8. The molecule has 0 radical (unpaired) electrons. The molecule has 0 unspecified atom stereocenters. The van der Waals surface area contributed by atoms with Gasteiger partial charge in [0.1, 0.15) is 5.60 Å². The van der Waals surface area contributed by atoms with Crippen LogP contribution in [-0.2, 0) is 4.74 Å². The van der Waals surface area contributed by atoms with Crippen molar-refractivity contribution in [2.24, 2.45) is 0 Å². The average Bonchev–Trinajstić information content (AvgIpc) is 2.63. The summed E-state index contributed by atoms with van der Waals surface area (Å²) in [6.45, 7) is 5.46. The lowest BCUT2D eigenvalue weighted by atomic mass is 10.2. The molecular formula is C12H18N2O2S2. The second-order valence-corrected chi connectivity index (χ2v) is 6.12. The second kappa shape index (κ2) is 6.80. The molecule has 0 bridgehead atoms. The predicted molar refractivity (Wildman–Crippen MR) is 79.5 cm³/mol. The van der Waals surface area contributed by atoms with Crippen LogP contribution in [0.25, 0.3) is 6.08 Å². The Hall–Kier alpha value is -1.01. The first-order valence-electron chi connectivity index (χ1n) is 5.64. The summed E-state index contributed by atoms with van der Waals surface area (Å²) < 4.78 is 5.14. The lowest BCUT2D eigenvalue weighted by molar-refractivity contribution is 0.0636. The van der Waals surface area contributed by atoms with Gasteiger partial charge in [0.15, 0.2) is 5.13 Å². The van der Waals surface area contributed by atoms with E-state index < -0.39 is 11.7 Å². The van der Waals surface area contributed by atoms with Gasteiger partial charge in [-0.05, 0) is 39.0 Å². The minimum atomic E-state index is -0.503. The summed E-state index contributed by atoms with van der Waals surface area (Å²) in [5.74, 6) is 0.818. The number of nitrogens with zero attached hydrogens (tertiary/aromatic N) is 1. The first-order valence-corrected chi connectivity index (χ1v) is 7.09. The fraction of sp³-hybridized carbons (Fsp3) is 0.500. The zero-order chi connectivity index (χ0) is 13.6. The number of hydrogen-bond donors (Lipinski definition) is 2. The number of carbonyl (C=O) groups excluding carboxylic acids is 1. The first kappa shape index (κ1) is 15.0. The van der Waals surface area contributed by atoms with E-state index in [0.29, 0.717) is 5.13 Å². The molecule has 0 aliphatic rings. The van der Waals surface area contributed by atoms with Crippen LogP contribution in [0, 0.1) is 0 Å². The SMILES string of the molecule is CC(C)(C)OC(=O)Nc1ncc(C=CCCS)s1. The minimum absolute atomic E-state index is 0.484. The molecule has 0 aliphatic heterocycles. The van der Waals surface area contributed by atoms with Gasteiger partial charge in [0.25, 0.3) is 0 Å². The maximum absolute atomic E-state index is 11.5. The third kappa shape index (κ3) is 6.07. The molecule has 1 amide bonds. The Kier molecular flexibility index (Phi) is 5.68. The molecule has 1 N–H and O–H groups in total. The standard InChI is InChI=1S/C12H18N2O2S2/c1-12(2,3)16-11(15)14-10-13-8-9(18-10)6-4-5-7-17/h4,6,8,17H,5,7H2,1-3H3,(H,13,14,15). The topological polar surface area (TPSA) is 51.2 Å². The summed E-state index contributed by atoms with van der Waals surface area (Å²) in [6, 6.07) is 0. The minimum Gasteiger partial charge on any atom is -0.444 e. The van der Waals surface area contributed by atoms with E-state index in [2.05, 4.69) is 22.9 Å². The van der Waals surface area contributed by atoms with Crippen molar-refractivity contribution >= 4 is 41.3 Å². The molecule has 0 aliphatic carbocycles. The molecule has 0 fully saturated rings. The van der Waals surface area contributed by atoms with Crippen LogP contribution in [0.4, 0.5) is 9.93 Å². The highest BCUT2D eigenvalue weighted by atomic mass is 32.1. The molecule has 1 rings (SSSR count). The Balaban J connectivity index is 2.51. The van der Waals surface area contributed by atoms with E-state index in [-0.39, 0.29) is 0 Å². The lowest BCUT2D eigenvalue weighted by Gasteiger charge is -2.18. The van der Waals surface area contributed by atoms with Gasteiger partial charge < -0.3 is 4.74 Å². The molecule has 6 heteroatoms. The Morgan fingerprint density at radius 2 is 2.33 bits per heavy atom. The van der Waals surface area contributed by atoms with E-state index in [1.54, 1.807) is 6.20 Å². The smallest absolute Gasteiger partial charge is 0.413 e. The van der Waals surface area contributed by atoms with E-state index in [0.717, 1.165) is 17.1 Å². The van der Waals surface area contributed by atoms with Crippen molar-refractivity contribution in [3.8, 4) is 0 Å². The number of anilines is 1. The van der Waals surface area contributed by atoms with Gasteiger partial charge in [-0.25, -0.2) is 9.78 Å². The van der Waals surface area contributed by atoms with Gasteiger partial charge in [0.2, 0.25) is 0 Å². The summed E-state index contributed by atoms with van der Waals surface area (Å²) in [6.07, 6.45) is 6.14. The fourth-order valence-corrected chi connectivity index (χ4v) is 1.97. The largest absolute Gasteiger partial charge is 0.444 e. The van der Waals surface area contributed by atoms with Crippen molar-refractivity contribution < 1.29 is 9.53 Å². The highest BCUT2D eigenvalue weighted by molar-refractivity contribution is 7.80. The number of thiazole rings is 1. The van der Waals surface area contributed by atoms with Gasteiger partial charge in [0.05, 0.1) is 0 Å². The van der Waals surface area contributed by atoms with Gasteiger partial charge in [-0.3, -0.25) is 5.32 Å². The summed E-state index contributed by atoms with van der Waals surface area (Å²) in [5.41, 5.74) is -0.503. The van der Waals surface area contributed by atoms with Crippen LogP contribution in [0.3, 0.4) is 0 Å². The van der Waals surface area contributed by atoms with E-state index in [1.165, 1.54) is 11.3 Å². The molecule has 0 saturated carbocycles. The van der Waals surface area contributed by atoms with Crippen molar-refractivity contribution in [3.63, 3.8) is 0 Å². The van der Waals surface area contributed by atoms with Crippen LogP contribution in [0.2, 0.25) is 0 Å². The molecule has 0 atom stereocenters. The van der Waals surface area contributed by atoms with Crippen LogP contribution in [0.5, 0.6) is 0 Å². The zero-order valence-corrected chi connectivity index (χ0v) is 12.5. The summed E-state index contributed by atoms with van der Waals surface area (Å²) in [5, 5.41) is 3.14. The number of nitrogens with one attached hydrogen (secondary N) is 1. The van der Waals surface area contributed by atoms with Crippen LogP contribution in [0.15, 0.2) is 12.3 Å². The molecule has 0 saturated heterocycles. The molecule has 1 aromatic heterocycles. The zero-order valence-electron chi connectivity index (χ0n) is 10.8. The average molecular weight is 286 g/mol. The number of hydrogen-bond acceptors (Lipinski definition) is 5. The van der Waals surface area contributed by atoms with E-state index in [4.69, 9.17) is 4.74 Å². The van der Waals surface area contributed by atoms with E-state index in [1.807, 2.05) is 32.9 Å². The number of amides is 1. The third-order valence-electron chi connectivity index (χ3n) is 1.71. The summed E-state index contributed by atoms with van der Waals surface area (Å²) in [7, 11) is 0. The van der Waals surface area contributed by atoms with E-state index >= 15 is 0 Å². The van der Waals surface area contributed by atoms with Gasteiger partial charge in [-0.1, -0.05) is 17.4 Å². The fourth-order valence-electron chi connectivity index (χ4n) is 1.09. The van der Waals surface area contributed by atoms with Crippen molar-refractivity contribution in [3.05, 3.63) is 17.2 Å². The second-order valence-electron chi connectivity index (χ2n) is 4.61. The van der Waals surface area contributed by atoms with E-state index in [9.17, 15) is 4.79 Å². The highest BCUT2D eigenvalue weighted by Crippen LogP contribution is 2.20. The Bertz CT molecular complexity index is 422. The molecule has 0 spiro atoms. The van der Waals surface area contributed by atoms with Crippen LogP contribution >= 0.6 is 24.0 Å². The van der Waals surface area contributed by atoms with Crippen LogP contribution in [-0.4, -0.2) is 22.4 Å². The Labute approximate surface area is 117 Å². The third-order valence-corrected chi connectivity index (χ3v) is 2.85. The van der Waals surface area contributed by atoms with Crippen molar-refractivity contribution in [2.45, 2.75) is 32.8 Å². The first-order chi connectivity index (χ1) is 8.40. The van der Waals surface area contributed by atoms with Gasteiger partial charge >= 0.3 is 6.09 Å². The molecular weight excluding hydrogens is 268 g/mol. The maximum Gasteiger partial charge on any atom is 0.413 e. The number of ether oxygens (including phenoxy) is 1. The van der Waals surface area contributed by atoms with Crippen molar-refractivity contribution in [1.82, 2.24) is 4.98 Å².